The van der Waals surface area contributed by atoms with E-state index >= 15 is 0 Å². The van der Waals surface area contributed by atoms with Gasteiger partial charge >= 0.3 is 0 Å². The third-order valence-corrected chi connectivity index (χ3v) is 5.29. The molecule has 0 saturated carbocycles. The number of anilines is 1. The van der Waals surface area contributed by atoms with Gasteiger partial charge in [0.15, 0.2) is 10.9 Å². The molecule has 0 radical (unpaired) electrons. The summed E-state index contributed by atoms with van der Waals surface area (Å²) in [6, 6.07) is 13.3. The van der Waals surface area contributed by atoms with E-state index in [1.807, 2.05) is 6.92 Å². The zero-order chi connectivity index (χ0) is 20.8. The lowest BCUT2D eigenvalue weighted by Gasteiger charge is -2.12. The van der Waals surface area contributed by atoms with Gasteiger partial charge in [0.05, 0.1) is 31.1 Å². The second-order valence-electron chi connectivity index (χ2n) is 6.14. The number of nitrogens with zero attached hydrogens (tertiary/aromatic N) is 2. The largest absolute Gasteiger partial charge is 0.497 e. The minimum absolute atomic E-state index is 0.103. The molecule has 8 heteroatoms. The van der Waals surface area contributed by atoms with E-state index in [2.05, 4.69) is 39.6 Å². The highest BCUT2D eigenvalue weighted by atomic mass is 35.5. The topological polar surface area (TPSA) is 73.3 Å². The minimum atomic E-state index is -0.446. The fourth-order valence-corrected chi connectivity index (χ4v) is 3.44. The number of rotatable bonds is 7. The average Bonchev–Trinajstić information content (AvgIpc) is 2.74. The van der Waals surface area contributed by atoms with Crippen molar-refractivity contribution in [2.24, 2.45) is 0 Å². The summed E-state index contributed by atoms with van der Waals surface area (Å²) in [5, 5.41) is 3.42. The second-order valence-corrected chi connectivity index (χ2v) is 7.49. The number of halogens is 1. The Morgan fingerprint density at radius 3 is 2.59 bits per heavy atom. The predicted octanol–water partition coefficient (Wildman–Crippen LogP) is 5.00. The molecule has 0 fully saturated rings. The maximum atomic E-state index is 12.7. The lowest BCUT2D eigenvalue weighted by molar-refractivity contribution is 0.102. The Balaban J connectivity index is 1.75. The minimum Gasteiger partial charge on any atom is -0.497 e. The number of nitrogens with one attached hydrogen (secondary N) is 1. The van der Waals surface area contributed by atoms with Crippen molar-refractivity contribution in [3.63, 3.8) is 0 Å². The summed E-state index contributed by atoms with van der Waals surface area (Å²) in [7, 11) is 3.07. The normalized spacial score (nSPS) is 10.5. The third kappa shape index (κ3) is 5.40. The number of benzene rings is 2. The van der Waals surface area contributed by atoms with Crippen LogP contribution in [0.15, 0.2) is 53.8 Å². The number of carbonyl (C=O) groups excluding carboxylic acids is 1. The zero-order valence-corrected chi connectivity index (χ0v) is 17.8. The van der Waals surface area contributed by atoms with Crippen LogP contribution in [0.1, 0.15) is 21.6 Å². The van der Waals surface area contributed by atoms with Gasteiger partial charge in [-0.25, -0.2) is 9.97 Å². The van der Waals surface area contributed by atoms with Crippen molar-refractivity contribution in [3.05, 3.63) is 70.5 Å². The van der Waals surface area contributed by atoms with Gasteiger partial charge in [-0.2, -0.15) is 0 Å². The zero-order valence-electron chi connectivity index (χ0n) is 16.2. The monoisotopic (exact) mass is 429 g/mol. The highest BCUT2D eigenvalue weighted by molar-refractivity contribution is 7.98. The Bertz CT molecular complexity index is 1010. The van der Waals surface area contributed by atoms with Gasteiger partial charge in [-0.15, -0.1) is 0 Å². The van der Waals surface area contributed by atoms with Gasteiger partial charge in [-0.1, -0.05) is 53.2 Å². The molecule has 3 aromatic rings. The first-order valence-corrected chi connectivity index (χ1v) is 10.1. The van der Waals surface area contributed by atoms with Crippen LogP contribution in [-0.2, 0) is 5.75 Å². The van der Waals surface area contributed by atoms with Crippen LogP contribution in [0.2, 0.25) is 5.02 Å². The van der Waals surface area contributed by atoms with Crippen LogP contribution in [0.4, 0.5) is 5.69 Å². The predicted molar refractivity (Wildman–Crippen MR) is 115 cm³/mol. The van der Waals surface area contributed by atoms with Gasteiger partial charge in [-0.05, 0) is 24.6 Å². The van der Waals surface area contributed by atoms with Crippen molar-refractivity contribution in [2.45, 2.75) is 17.8 Å². The Morgan fingerprint density at radius 1 is 1.14 bits per heavy atom. The molecule has 1 heterocycles. The Morgan fingerprint density at radius 2 is 1.90 bits per heavy atom. The molecule has 0 atom stereocenters. The van der Waals surface area contributed by atoms with Crippen LogP contribution in [0, 0.1) is 6.92 Å². The van der Waals surface area contributed by atoms with Crippen LogP contribution < -0.4 is 14.8 Å². The molecule has 0 aliphatic rings. The molecule has 0 spiro atoms. The van der Waals surface area contributed by atoms with Crippen molar-refractivity contribution in [2.75, 3.05) is 19.5 Å². The number of ether oxygens (including phenoxy) is 2. The number of hydrogen-bond donors (Lipinski definition) is 1. The van der Waals surface area contributed by atoms with Crippen molar-refractivity contribution in [1.29, 1.82) is 0 Å². The molecule has 1 aromatic heterocycles. The summed E-state index contributed by atoms with van der Waals surface area (Å²) in [4.78, 5) is 21.3. The molecule has 1 amide bonds. The SMILES string of the molecule is COc1ccc(NC(=O)c2nc(SCc3ccc(C)cc3)ncc2Cl)c(OC)c1. The van der Waals surface area contributed by atoms with E-state index in [4.69, 9.17) is 21.1 Å². The Kier molecular flexibility index (Phi) is 6.95. The summed E-state index contributed by atoms with van der Waals surface area (Å²) < 4.78 is 10.5. The first-order valence-electron chi connectivity index (χ1n) is 8.74. The molecule has 150 valence electrons. The van der Waals surface area contributed by atoms with Crippen molar-refractivity contribution in [1.82, 2.24) is 9.97 Å². The molecule has 2 aromatic carbocycles. The summed E-state index contributed by atoms with van der Waals surface area (Å²) in [6.07, 6.45) is 1.44. The van der Waals surface area contributed by atoms with Gasteiger partial charge in [-0.3, -0.25) is 4.79 Å². The summed E-state index contributed by atoms with van der Waals surface area (Å²) in [5.74, 6) is 1.33. The van der Waals surface area contributed by atoms with Gasteiger partial charge in [0, 0.05) is 11.8 Å². The maximum absolute atomic E-state index is 12.7. The van der Waals surface area contributed by atoms with Crippen LogP contribution >= 0.6 is 23.4 Å². The molecule has 29 heavy (non-hydrogen) atoms. The fraction of sp³-hybridized carbons (Fsp3) is 0.190. The lowest BCUT2D eigenvalue weighted by atomic mass is 10.2. The molecule has 0 aliphatic carbocycles. The number of methoxy groups -OCH3 is 2. The number of aromatic nitrogens is 2. The number of amides is 1. The molecule has 0 aliphatic heterocycles. The third-order valence-electron chi connectivity index (χ3n) is 4.08. The summed E-state index contributed by atoms with van der Waals surface area (Å²) >= 11 is 7.60. The average molecular weight is 430 g/mol. The molecule has 0 unspecified atom stereocenters. The number of thioether (sulfide) groups is 1. The number of carbonyl (C=O) groups is 1. The second kappa shape index (κ2) is 9.62. The van der Waals surface area contributed by atoms with E-state index < -0.39 is 5.91 Å². The first-order chi connectivity index (χ1) is 14.0. The van der Waals surface area contributed by atoms with E-state index in [-0.39, 0.29) is 10.7 Å². The van der Waals surface area contributed by atoms with Crippen LogP contribution in [0.25, 0.3) is 0 Å². The molecular weight excluding hydrogens is 410 g/mol. The maximum Gasteiger partial charge on any atom is 0.276 e. The van der Waals surface area contributed by atoms with E-state index in [9.17, 15) is 4.79 Å². The smallest absolute Gasteiger partial charge is 0.276 e. The molecule has 0 saturated heterocycles. The van der Waals surface area contributed by atoms with Crippen molar-refractivity contribution < 1.29 is 14.3 Å². The quantitative estimate of drug-likeness (QED) is 0.421. The van der Waals surface area contributed by atoms with E-state index in [1.165, 1.54) is 30.6 Å². The fourth-order valence-electron chi connectivity index (χ4n) is 2.50. The van der Waals surface area contributed by atoms with Gasteiger partial charge in [0.1, 0.15) is 11.5 Å². The molecule has 6 nitrogen and oxygen atoms in total. The first kappa shape index (κ1) is 21.0. The van der Waals surface area contributed by atoms with Crippen LogP contribution in [0.3, 0.4) is 0 Å². The summed E-state index contributed by atoms with van der Waals surface area (Å²) in [6.45, 7) is 2.04. The highest BCUT2D eigenvalue weighted by Gasteiger charge is 2.17. The van der Waals surface area contributed by atoms with E-state index in [0.29, 0.717) is 28.1 Å². The van der Waals surface area contributed by atoms with Crippen LogP contribution in [0.5, 0.6) is 11.5 Å². The number of hydrogen-bond acceptors (Lipinski definition) is 6. The Hall–Kier alpha value is -2.77. The van der Waals surface area contributed by atoms with E-state index in [0.717, 1.165) is 5.56 Å². The Labute approximate surface area is 178 Å². The summed E-state index contributed by atoms with van der Waals surface area (Å²) in [5.41, 5.74) is 2.94. The van der Waals surface area contributed by atoms with E-state index in [1.54, 1.807) is 25.3 Å². The van der Waals surface area contributed by atoms with Crippen molar-refractivity contribution >= 4 is 35.0 Å². The highest BCUT2D eigenvalue weighted by Crippen LogP contribution is 2.30. The van der Waals surface area contributed by atoms with Gasteiger partial charge < -0.3 is 14.8 Å². The molecule has 3 rings (SSSR count). The van der Waals surface area contributed by atoms with Gasteiger partial charge in [0.25, 0.3) is 5.91 Å². The molecule has 0 bridgehead atoms. The standard InChI is InChI=1S/C21H20ClN3O3S/c1-13-4-6-14(7-5-13)12-29-21-23-11-16(22)19(25-21)20(26)24-17-9-8-15(27-2)10-18(17)28-3/h4-11H,12H2,1-3H3,(H,24,26). The molecule has 1 N–H and O–H groups in total. The lowest BCUT2D eigenvalue weighted by Crippen LogP contribution is -2.15. The van der Waals surface area contributed by atoms with Gasteiger partial charge in [0.2, 0.25) is 0 Å². The van der Waals surface area contributed by atoms with Crippen LogP contribution in [-0.4, -0.2) is 30.1 Å². The number of aryl methyl sites for hydroxylation is 1. The van der Waals surface area contributed by atoms with Crippen molar-refractivity contribution in [3.8, 4) is 11.5 Å². The molecular formula is C21H20ClN3O3S.